The smallest absolute Gasteiger partial charge is 0.308 e. The summed E-state index contributed by atoms with van der Waals surface area (Å²) in [6.45, 7) is 0. The van der Waals surface area contributed by atoms with Crippen LogP contribution in [0.15, 0.2) is 18.2 Å². The summed E-state index contributed by atoms with van der Waals surface area (Å²) in [5, 5.41) is 19.4. The second-order valence-electron chi connectivity index (χ2n) is 3.38. The van der Waals surface area contributed by atoms with Gasteiger partial charge in [-0.05, 0) is 12.1 Å². The lowest BCUT2D eigenvalue weighted by molar-refractivity contribution is -0.144. The number of anilines is 1. The number of nitrogens with two attached hydrogens (primary N) is 1. The number of aliphatic hydroxyl groups is 2. The zero-order valence-electron chi connectivity index (χ0n) is 9.33. The monoisotopic (exact) mass is 241 g/mol. The molecule has 0 amide bonds. The number of aliphatic hydroxyl groups excluding tert-OH is 2. The lowest BCUT2D eigenvalue weighted by atomic mass is 10.1. The number of nitrogen functional groups attached to an aromatic ring is 1. The molecule has 5 N–H and O–H groups in total. The number of hydrazine groups is 1. The Bertz CT molecular complexity index is 386. The van der Waals surface area contributed by atoms with Gasteiger partial charge < -0.3 is 20.4 Å². The van der Waals surface area contributed by atoms with Gasteiger partial charge in [0, 0.05) is 0 Å². The molecule has 0 fully saturated rings. The minimum Gasteiger partial charge on any atom is -0.469 e. The Labute approximate surface area is 98.2 Å². The maximum atomic E-state index is 10.9. The number of rotatable bonds is 5. The molecule has 7 nitrogen and oxygen atoms in total. The highest BCUT2D eigenvalue weighted by Crippen LogP contribution is 2.18. The second kappa shape index (κ2) is 6.14. The average Bonchev–Trinajstić information content (AvgIpc) is 2.37. The zero-order chi connectivity index (χ0) is 12.8. The Morgan fingerprint density at radius 2 is 2.29 bits per heavy atom. The van der Waals surface area contributed by atoms with Crippen LogP contribution in [0.1, 0.15) is 18.2 Å². The third-order valence-electron chi connectivity index (χ3n) is 2.19. The van der Waals surface area contributed by atoms with Crippen LogP contribution in [0, 0.1) is 0 Å². The molecule has 0 aliphatic rings. The van der Waals surface area contributed by atoms with Crippen molar-refractivity contribution >= 4 is 11.8 Å². The van der Waals surface area contributed by atoms with E-state index in [0.29, 0.717) is 5.82 Å². The van der Waals surface area contributed by atoms with Crippen LogP contribution in [0.2, 0.25) is 0 Å². The van der Waals surface area contributed by atoms with Gasteiger partial charge in [0.2, 0.25) is 0 Å². The lowest BCUT2D eigenvalue weighted by Crippen LogP contribution is -2.23. The van der Waals surface area contributed by atoms with Crippen LogP contribution >= 0.6 is 0 Å². The molecule has 0 aliphatic carbocycles. The van der Waals surface area contributed by atoms with Gasteiger partial charge in [-0.1, -0.05) is 6.07 Å². The van der Waals surface area contributed by atoms with E-state index in [4.69, 9.17) is 5.84 Å². The number of hydrogen-bond acceptors (Lipinski definition) is 7. The van der Waals surface area contributed by atoms with Crippen LogP contribution in [0.5, 0.6) is 0 Å². The molecule has 0 aromatic carbocycles. The van der Waals surface area contributed by atoms with Gasteiger partial charge in [-0.2, -0.15) is 0 Å². The van der Waals surface area contributed by atoms with E-state index in [-0.39, 0.29) is 12.1 Å². The molecule has 17 heavy (non-hydrogen) atoms. The van der Waals surface area contributed by atoms with Crippen molar-refractivity contribution < 1.29 is 19.7 Å². The minimum atomic E-state index is -1.28. The van der Waals surface area contributed by atoms with E-state index in [0.717, 1.165) is 0 Å². The summed E-state index contributed by atoms with van der Waals surface area (Å²) in [6, 6.07) is 4.74. The maximum absolute atomic E-state index is 10.9. The number of carbonyl (C=O) groups is 1. The van der Waals surface area contributed by atoms with E-state index in [9.17, 15) is 15.0 Å². The molecule has 0 saturated carbocycles. The number of methoxy groups -OCH3 is 1. The van der Waals surface area contributed by atoms with E-state index in [1.807, 2.05) is 0 Å². The van der Waals surface area contributed by atoms with Gasteiger partial charge in [0.05, 0.1) is 25.3 Å². The number of aromatic nitrogens is 1. The molecule has 0 bridgehead atoms. The van der Waals surface area contributed by atoms with Crippen LogP contribution in [0.25, 0.3) is 0 Å². The number of hydrogen-bond donors (Lipinski definition) is 4. The predicted octanol–water partition coefficient (Wildman–Crippen LogP) is -0.675. The highest BCUT2D eigenvalue weighted by Gasteiger charge is 2.23. The van der Waals surface area contributed by atoms with E-state index in [2.05, 4.69) is 15.1 Å². The number of ether oxygens (including phenoxy) is 1. The van der Waals surface area contributed by atoms with Crippen molar-refractivity contribution in [3.05, 3.63) is 23.9 Å². The molecule has 1 heterocycles. The predicted molar refractivity (Wildman–Crippen MR) is 59.6 cm³/mol. The topological polar surface area (TPSA) is 118 Å². The van der Waals surface area contributed by atoms with Gasteiger partial charge in [-0.3, -0.25) is 4.79 Å². The minimum absolute atomic E-state index is 0.219. The molecule has 0 aliphatic heterocycles. The maximum Gasteiger partial charge on any atom is 0.308 e. The third-order valence-corrected chi connectivity index (χ3v) is 2.19. The zero-order valence-corrected chi connectivity index (χ0v) is 9.33. The summed E-state index contributed by atoms with van der Waals surface area (Å²) >= 11 is 0. The van der Waals surface area contributed by atoms with Crippen LogP contribution in [0.4, 0.5) is 5.82 Å². The van der Waals surface area contributed by atoms with Crippen LogP contribution in [0.3, 0.4) is 0 Å². The van der Waals surface area contributed by atoms with Crippen molar-refractivity contribution in [1.29, 1.82) is 0 Å². The Balaban J connectivity index is 2.73. The largest absolute Gasteiger partial charge is 0.469 e. The van der Waals surface area contributed by atoms with Crippen molar-refractivity contribution in [2.45, 2.75) is 18.6 Å². The molecular formula is C10H15N3O4. The molecule has 1 aromatic heterocycles. The number of carbonyl (C=O) groups excluding carboxylic acids is 1. The van der Waals surface area contributed by atoms with Crippen molar-refractivity contribution in [3.8, 4) is 0 Å². The molecule has 2 atom stereocenters. The second-order valence-corrected chi connectivity index (χ2v) is 3.38. The highest BCUT2D eigenvalue weighted by atomic mass is 16.5. The molecular weight excluding hydrogens is 226 g/mol. The van der Waals surface area contributed by atoms with E-state index < -0.39 is 18.2 Å². The molecule has 0 spiro atoms. The first-order valence-electron chi connectivity index (χ1n) is 4.95. The number of pyridine rings is 1. The Morgan fingerprint density at radius 1 is 1.59 bits per heavy atom. The standard InChI is InChI=1S/C10H15N3O4/c1-17-9(15)5-7(14)10(16)6-3-2-4-8(12-6)13-11/h2-4,7,10,14,16H,5,11H2,1H3,(H,12,13). The highest BCUT2D eigenvalue weighted by molar-refractivity contribution is 5.69. The summed E-state index contributed by atoms with van der Waals surface area (Å²) in [4.78, 5) is 14.9. The fourth-order valence-electron chi connectivity index (χ4n) is 1.26. The lowest BCUT2D eigenvalue weighted by Gasteiger charge is -2.16. The average molecular weight is 241 g/mol. The van der Waals surface area contributed by atoms with Crippen LogP contribution in [-0.4, -0.2) is 34.4 Å². The summed E-state index contributed by atoms with van der Waals surface area (Å²) in [5.41, 5.74) is 2.54. The normalized spacial score (nSPS) is 13.9. The van der Waals surface area contributed by atoms with Crippen molar-refractivity contribution in [2.24, 2.45) is 5.84 Å². The first-order valence-corrected chi connectivity index (χ1v) is 4.95. The summed E-state index contributed by atoms with van der Waals surface area (Å²) in [6.07, 6.45) is -2.86. The number of nitrogens with zero attached hydrogens (tertiary/aromatic N) is 1. The first-order chi connectivity index (χ1) is 8.08. The van der Waals surface area contributed by atoms with Crippen LogP contribution < -0.4 is 11.3 Å². The molecule has 0 radical (unpaired) electrons. The summed E-state index contributed by atoms with van der Waals surface area (Å²) in [5.74, 6) is 4.91. The van der Waals surface area contributed by atoms with Crippen molar-refractivity contribution in [2.75, 3.05) is 12.5 Å². The first kappa shape index (κ1) is 13.4. The fourth-order valence-corrected chi connectivity index (χ4v) is 1.26. The van der Waals surface area contributed by atoms with E-state index >= 15 is 0 Å². The fraction of sp³-hybridized carbons (Fsp3) is 0.400. The van der Waals surface area contributed by atoms with E-state index in [1.165, 1.54) is 13.2 Å². The third kappa shape index (κ3) is 3.66. The number of esters is 1. The number of nitrogens with one attached hydrogen (secondary N) is 1. The Morgan fingerprint density at radius 3 is 2.88 bits per heavy atom. The molecule has 94 valence electrons. The molecule has 0 saturated heterocycles. The molecule has 1 rings (SSSR count). The Kier molecular flexibility index (Phi) is 4.83. The summed E-state index contributed by atoms with van der Waals surface area (Å²) < 4.78 is 4.39. The van der Waals surface area contributed by atoms with Crippen LogP contribution in [-0.2, 0) is 9.53 Å². The van der Waals surface area contributed by atoms with Gasteiger partial charge in [-0.25, -0.2) is 10.8 Å². The van der Waals surface area contributed by atoms with Gasteiger partial charge in [0.15, 0.2) is 0 Å². The Hall–Kier alpha value is -1.70. The van der Waals surface area contributed by atoms with Crippen molar-refractivity contribution in [3.63, 3.8) is 0 Å². The summed E-state index contributed by atoms with van der Waals surface area (Å²) in [7, 11) is 1.21. The van der Waals surface area contributed by atoms with Gasteiger partial charge in [0.1, 0.15) is 11.9 Å². The quantitative estimate of drug-likeness (QED) is 0.306. The SMILES string of the molecule is COC(=O)CC(O)C(O)c1cccc(NN)n1. The van der Waals surface area contributed by atoms with Gasteiger partial charge >= 0.3 is 5.97 Å². The van der Waals surface area contributed by atoms with Crippen molar-refractivity contribution in [1.82, 2.24) is 4.98 Å². The van der Waals surface area contributed by atoms with E-state index in [1.54, 1.807) is 12.1 Å². The molecule has 7 heteroatoms. The van der Waals surface area contributed by atoms with Gasteiger partial charge in [-0.15, -0.1) is 0 Å². The molecule has 2 unspecified atom stereocenters. The molecule has 1 aromatic rings. The van der Waals surface area contributed by atoms with Gasteiger partial charge in [0.25, 0.3) is 0 Å².